The highest BCUT2D eigenvalue weighted by molar-refractivity contribution is 5.89. The Morgan fingerprint density at radius 2 is 2.07 bits per heavy atom. The largest absolute Gasteiger partial charge is 0.476 e. The summed E-state index contributed by atoms with van der Waals surface area (Å²) in [5.41, 5.74) is -0.534. The number of carbonyl (C=O) groups excluding carboxylic acids is 2. The van der Waals surface area contributed by atoms with Crippen LogP contribution in [0.3, 0.4) is 0 Å². The lowest BCUT2D eigenvalue weighted by molar-refractivity contribution is -0.140. The van der Waals surface area contributed by atoms with Crippen molar-refractivity contribution in [2.24, 2.45) is 17.3 Å². The van der Waals surface area contributed by atoms with Crippen molar-refractivity contribution >= 4 is 11.7 Å². The predicted octanol–water partition coefficient (Wildman–Crippen LogP) is 1.74. The third-order valence-corrected chi connectivity index (χ3v) is 4.26. The Morgan fingerprint density at radius 3 is 2.67 bits per heavy atom. The Bertz CT molecular complexity index is 352. The first kappa shape index (κ1) is 10.4. The van der Waals surface area contributed by atoms with Gasteiger partial charge in [0.05, 0.1) is 0 Å². The molecule has 0 spiro atoms. The third kappa shape index (κ3) is 1.42. The number of ether oxygens (including phenoxy) is 1. The van der Waals surface area contributed by atoms with Gasteiger partial charge in [-0.3, -0.25) is 4.79 Å². The molecule has 3 heteroatoms. The third-order valence-electron chi connectivity index (χ3n) is 4.26. The fourth-order valence-corrected chi connectivity index (χ4v) is 2.89. The fourth-order valence-electron chi connectivity index (χ4n) is 2.89. The van der Waals surface area contributed by atoms with Crippen LogP contribution < -0.4 is 0 Å². The SMILES string of the molecule is CC1(C)[C@@H]2CC(=O)[C@](C)(OC=C=O)C[C@@H]21. The lowest BCUT2D eigenvalue weighted by atomic mass is 9.85. The van der Waals surface area contributed by atoms with E-state index in [1.54, 1.807) is 12.9 Å². The second kappa shape index (κ2) is 2.96. The van der Waals surface area contributed by atoms with Crippen molar-refractivity contribution in [2.45, 2.75) is 39.2 Å². The summed E-state index contributed by atoms with van der Waals surface area (Å²) in [6, 6.07) is 0. The summed E-state index contributed by atoms with van der Waals surface area (Å²) >= 11 is 0. The normalized spacial score (nSPS) is 41.4. The number of rotatable bonds is 2. The van der Waals surface area contributed by atoms with E-state index < -0.39 is 5.60 Å². The zero-order valence-corrected chi connectivity index (χ0v) is 9.37. The molecule has 2 saturated carbocycles. The maximum atomic E-state index is 11.9. The molecule has 0 aliphatic heterocycles. The molecule has 0 bridgehead atoms. The van der Waals surface area contributed by atoms with E-state index in [1.807, 2.05) is 0 Å². The average Bonchev–Trinajstić information content (AvgIpc) is 2.66. The van der Waals surface area contributed by atoms with Crippen molar-refractivity contribution < 1.29 is 14.3 Å². The highest BCUT2D eigenvalue weighted by Crippen LogP contribution is 2.65. The number of fused-ring (bicyclic) bond motifs is 1. The van der Waals surface area contributed by atoms with E-state index in [0.717, 1.165) is 12.7 Å². The summed E-state index contributed by atoms with van der Waals surface area (Å²) in [5.74, 6) is 2.74. The molecule has 0 amide bonds. The van der Waals surface area contributed by atoms with Crippen LogP contribution in [0.4, 0.5) is 0 Å². The maximum absolute atomic E-state index is 11.9. The van der Waals surface area contributed by atoms with Crippen LogP contribution in [0, 0.1) is 17.3 Å². The molecule has 2 fully saturated rings. The number of Topliss-reactive ketones (excluding diaryl/α,β-unsaturated/α-hetero) is 1. The van der Waals surface area contributed by atoms with Crippen LogP contribution in [-0.4, -0.2) is 17.3 Å². The number of hydrogen-bond acceptors (Lipinski definition) is 3. The van der Waals surface area contributed by atoms with E-state index in [9.17, 15) is 9.59 Å². The van der Waals surface area contributed by atoms with Crippen molar-refractivity contribution in [1.29, 1.82) is 0 Å². The standard InChI is InChI=1S/C12H16O3/c1-11(2)8-6-10(14)12(3,7-9(8)11)15-5-4-13/h5,8-9H,6-7H2,1-3H3/t8-,9+,12-/m1/s1. The Hall–Kier alpha value is -1.08. The molecule has 2 aliphatic carbocycles. The van der Waals surface area contributed by atoms with E-state index in [1.165, 1.54) is 0 Å². The average molecular weight is 208 g/mol. The molecule has 0 N–H and O–H groups in total. The number of ketones is 1. The van der Waals surface area contributed by atoms with E-state index >= 15 is 0 Å². The van der Waals surface area contributed by atoms with Gasteiger partial charge in [0, 0.05) is 6.42 Å². The molecule has 0 unspecified atom stereocenters. The number of carbonyl (C=O) groups is 1. The highest BCUT2D eigenvalue weighted by Gasteiger charge is 2.64. The van der Waals surface area contributed by atoms with Crippen molar-refractivity contribution in [3.8, 4) is 0 Å². The van der Waals surface area contributed by atoms with E-state index in [2.05, 4.69) is 13.8 Å². The van der Waals surface area contributed by atoms with E-state index in [4.69, 9.17) is 4.74 Å². The minimum Gasteiger partial charge on any atom is -0.476 e. The molecular formula is C12H16O3. The fraction of sp³-hybridized carbons (Fsp3) is 0.750. The first-order chi connectivity index (χ1) is 6.92. The predicted molar refractivity (Wildman–Crippen MR) is 54.8 cm³/mol. The molecule has 3 nitrogen and oxygen atoms in total. The van der Waals surface area contributed by atoms with Gasteiger partial charge in [-0.15, -0.1) is 0 Å². The van der Waals surface area contributed by atoms with Gasteiger partial charge in [0.2, 0.25) is 0 Å². The molecule has 82 valence electrons. The molecule has 0 saturated heterocycles. The molecule has 0 radical (unpaired) electrons. The molecule has 2 aliphatic rings. The molecule has 0 aromatic carbocycles. The van der Waals surface area contributed by atoms with Gasteiger partial charge >= 0.3 is 0 Å². The zero-order chi connectivity index (χ0) is 11.3. The van der Waals surface area contributed by atoms with E-state index in [-0.39, 0.29) is 11.2 Å². The van der Waals surface area contributed by atoms with E-state index in [0.29, 0.717) is 18.3 Å². The Kier molecular flexibility index (Phi) is 2.06. The monoisotopic (exact) mass is 208 g/mol. The summed E-state index contributed by atoms with van der Waals surface area (Å²) in [6.07, 6.45) is 2.27. The molecular weight excluding hydrogens is 192 g/mol. The van der Waals surface area contributed by atoms with Crippen LogP contribution in [0.1, 0.15) is 33.6 Å². The Morgan fingerprint density at radius 1 is 1.40 bits per heavy atom. The quantitative estimate of drug-likeness (QED) is 0.513. The van der Waals surface area contributed by atoms with Crippen LogP contribution in [0.15, 0.2) is 6.26 Å². The summed E-state index contributed by atoms with van der Waals surface area (Å²) in [7, 11) is 0. The highest BCUT2D eigenvalue weighted by atomic mass is 16.5. The summed E-state index contributed by atoms with van der Waals surface area (Å²) in [5, 5.41) is 0. The Labute approximate surface area is 89.5 Å². The lowest BCUT2D eigenvalue weighted by Crippen LogP contribution is -2.40. The summed E-state index contributed by atoms with van der Waals surface area (Å²) < 4.78 is 5.22. The van der Waals surface area contributed by atoms with Crippen molar-refractivity contribution in [3.05, 3.63) is 6.26 Å². The second-order valence-electron chi connectivity index (χ2n) is 5.45. The lowest BCUT2D eigenvalue weighted by Gasteiger charge is -2.30. The van der Waals surface area contributed by atoms with Gasteiger partial charge in [-0.25, -0.2) is 4.79 Å². The molecule has 0 heterocycles. The first-order valence-corrected chi connectivity index (χ1v) is 5.32. The van der Waals surface area contributed by atoms with Crippen LogP contribution in [0.2, 0.25) is 0 Å². The van der Waals surface area contributed by atoms with Crippen molar-refractivity contribution in [1.82, 2.24) is 0 Å². The minimum atomic E-state index is -0.799. The van der Waals surface area contributed by atoms with Crippen LogP contribution in [0.5, 0.6) is 0 Å². The maximum Gasteiger partial charge on any atom is 0.176 e. The Balaban J connectivity index is 2.15. The molecule has 3 atom stereocenters. The first-order valence-electron chi connectivity index (χ1n) is 5.32. The van der Waals surface area contributed by atoms with Gasteiger partial charge in [-0.05, 0) is 30.6 Å². The van der Waals surface area contributed by atoms with Crippen molar-refractivity contribution in [3.63, 3.8) is 0 Å². The van der Waals surface area contributed by atoms with Gasteiger partial charge in [-0.1, -0.05) is 13.8 Å². The van der Waals surface area contributed by atoms with Crippen molar-refractivity contribution in [2.75, 3.05) is 0 Å². The molecule has 2 rings (SSSR count). The van der Waals surface area contributed by atoms with Gasteiger partial charge in [0.1, 0.15) is 0 Å². The zero-order valence-electron chi connectivity index (χ0n) is 9.37. The van der Waals surface area contributed by atoms with Gasteiger partial charge in [0.15, 0.2) is 23.6 Å². The second-order valence-corrected chi connectivity index (χ2v) is 5.45. The van der Waals surface area contributed by atoms with Gasteiger partial charge in [0.25, 0.3) is 0 Å². The minimum absolute atomic E-state index is 0.112. The van der Waals surface area contributed by atoms with Crippen LogP contribution in [-0.2, 0) is 14.3 Å². The molecule has 0 aromatic rings. The summed E-state index contributed by atoms with van der Waals surface area (Å²) in [6.45, 7) is 6.15. The molecule has 15 heavy (non-hydrogen) atoms. The molecule has 0 aromatic heterocycles. The van der Waals surface area contributed by atoms with Crippen LogP contribution >= 0.6 is 0 Å². The van der Waals surface area contributed by atoms with Gasteiger partial charge in [-0.2, -0.15) is 0 Å². The van der Waals surface area contributed by atoms with Gasteiger partial charge < -0.3 is 4.74 Å². The van der Waals surface area contributed by atoms with Crippen LogP contribution in [0.25, 0.3) is 0 Å². The smallest absolute Gasteiger partial charge is 0.176 e. The topological polar surface area (TPSA) is 43.4 Å². The number of hydrogen-bond donors (Lipinski definition) is 0. The summed E-state index contributed by atoms with van der Waals surface area (Å²) in [4.78, 5) is 22.0.